The third-order valence-corrected chi connectivity index (χ3v) is 3.33. The molecule has 0 saturated carbocycles. The van der Waals surface area contributed by atoms with E-state index in [4.69, 9.17) is 16.3 Å². The van der Waals surface area contributed by atoms with Crippen molar-refractivity contribution < 1.29 is 4.74 Å². The fraction of sp³-hybridized carbons (Fsp3) is 0.500. The van der Waals surface area contributed by atoms with E-state index in [1.807, 2.05) is 12.1 Å². The van der Waals surface area contributed by atoms with Gasteiger partial charge in [0, 0.05) is 6.54 Å². The van der Waals surface area contributed by atoms with Crippen molar-refractivity contribution in [2.24, 2.45) is 5.92 Å². The van der Waals surface area contributed by atoms with E-state index in [0.717, 1.165) is 35.6 Å². The van der Waals surface area contributed by atoms with Gasteiger partial charge in [-0.05, 0) is 24.5 Å². The van der Waals surface area contributed by atoms with E-state index in [2.05, 4.69) is 29.5 Å². The summed E-state index contributed by atoms with van der Waals surface area (Å²) >= 11 is 5.99. The monoisotopic (exact) mass is 266 g/mol. The number of alkyl halides is 1. The Morgan fingerprint density at radius 1 is 1.39 bits per heavy atom. The van der Waals surface area contributed by atoms with Gasteiger partial charge in [0.25, 0.3) is 0 Å². The highest BCUT2D eigenvalue weighted by Gasteiger charge is 2.13. The molecular weight excluding hydrogens is 248 g/mol. The Bertz CT molecular complexity index is 534. The smallest absolute Gasteiger partial charge is 0.146 e. The van der Waals surface area contributed by atoms with Crippen LogP contribution >= 0.6 is 11.6 Å². The number of rotatable bonds is 5. The molecule has 0 bridgehead atoms. The number of methoxy groups -OCH3 is 1. The second-order valence-electron chi connectivity index (χ2n) is 4.82. The number of aromatic nitrogens is 2. The van der Waals surface area contributed by atoms with Crippen LogP contribution in [0.5, 0.6) is 5.75 Å². The fourth-order valence-electron chi connectivity index (χ4n) is 2.07. The van der Waals surface area contributed by atoms with Gasteiger partial charge in [0.05, 0.1) is 18.5 Å². The van der Waals surface area contributed by atoms with Gasteiger partial charge in [0.1, 0.15) is 17.1 Å². The molecule has 0 unspecified atom stereocenters. The maximum Gasteiger partial charge on any atom is 0.146 e. The Morgan fingerprint density at radius 3 is 2.78 bits per heavy atom. The number of halogens is 1. The van der Waals surface area contributed by atoms with Gasteiger partial charge >= 0.3 is 0 Å². The first-order chi connectivity index (χ1) is 8.67. The number of ether oxygens (including phenoxy) is 1. The zero-order valence-corrected chi connectivity index (χ0v) is 11.9. The van der Waals surface area contributed by atoms with Crippen LogP contribution in [0.1, 0.15) is 26.1 Å². The lowest BCUT2D eigenvalue weighted by atomic mass is 10.1. The highest BCUT2D eigenvalue weighted by Crippen LogP contribution is 2.27. The van der Waals surface area contributed by atoms with Crippen molar-refractivity contribution in [3.63, 3.8) is 0 Å². The first kappa shape index (κ1) is 13.2. The van der Waals surface area contributed by atoms with Crippen LogP contribution in [0.3, 0.4) is 0 Å². The number of para-hydroxylation sites is 1. The third kappa shape index (κ3) is 2.46. The van der Waals surface area contributed by atoms with Crippen LogP contribution in [-0.2, 0) is 12.4 Å². The van der Waals surface area contributed by atoms with Crippen molar-refractivity contribution in [1.29, 1.82) is 0 Å². The largest absolute Gasteiger partial charge is 0.494 e. The summed E-state index contributed by atoms with van der Waals surface area (Å²) in [7, 11) is 1.67. The number of fused-ring (bicyclic) bond motifs is 1. The van der Waals surface area contributed by atoms with Crippen LogP contribution in [0.15, 0.2) is 18.2 Å². The molecule has 18 heavy (non-hydrogen) atoms. The molecule has 98 valence electrons. The summed E-state index contributed by atoms with van der Waals surface area (Å²) in [5.74, 6) is 2.81. The summed E-state index contributed by atoms with van der Waals surface area (Å²) in [5, 5.41) is 0. The SMILES string of the molecule is COc1cccc2c1nc(CCl)n2CCC(C)C. The second kappa shape index (κ2) is 5.61. The summed E-state index contributed by atoms with van der Waals surface area (Å²) in [6, 6.07) is 5.99. The van der Waals surface area contributed by atoms with Crippen molar-refractivity contribution in [3.05, 3.63) is 24.0 Å². The lowest BCUT2D eigenvalue weighted by Gasteiger charge is -2.09. The molecule has 1 heterocycles. The van der Waals surface area contributed by atoms with E-state index in [9.17, 15) is 0 Å². The third-order valence-electron chi connectivity index (χ3n) is 3.09. The van der Waals surface area contributed by atoms with Gasteiger partial charge in [-0.25, -0.2) is 4.98 Å². The minimum absolute atomic E-state index is 0.427. The molecule has 0 saturated heterocycles. The van der Waals surface area contributed by atoms with Crippen molar-refractivity contribution in [1.82, 2.24) is 9.55 Å². The summed E-state index contributed by atoms with van der Waals surface area (Å²) in [6.07, 6.45) is 1.12. The maximum absolute atomic E-state index is 5.99. The Morgan fingerprint density at radius 2 is 2.17 bits per heavy atom. The Labute approximate surface area is 113 Å². The topological polar surface area (TPSA) is 27.1 Å². The highest BCUT2D eigenvalue weighted by molar-refractivity contribution is 6.16. The molecular formula is C14H19ClN2O. The zero-order chi connectivity index (χ0) is 13.1. The van der Waals surface area contributed by atoms with Crippen LogP contribution in [0.4, 0.5) is 0 Å². The summed E-state index contributed by atoms with van der Waals surface area (Å²) in [4.78, 5) is 4.59. The summed E-state index contributed by atoms with van der Waals surface area (Å²) < 4.78 is 7.55. The van der Waals surface area contributed by atoms with Crippen molar-refractivity contribution in [3.8, 4) is 5.75 Å². The van der Waals surface area contributed by atoms with Gasteiger partial charge in [0.2, 0.25) is 0 Å². The molecule has 0 aliphatic rings. The zero-order valence-electron chi connectivity index (χ0n) is 11.1. The highest BCUT2D eigenvalue weighted by atomic mass is 35.5. The van der Waals surface area contributed by atoms with E-state index in [-0.39, 0.29) is 0 Å². The number of nitrogens with zero attached hydrogens (tertiary/aromatic N) is 2. The summed E-state index contributed by atoms with van der Waals surface area (Å²) in [5.41, 5.74) is 2.00. The molecule has 3 nitrogen and oxygen atoms in total. The molecule has 0 spiro atoms. The number of hydrogen-bond acceptors (Lipinski definition) is 2. The van der Waals surface area contributed by atoms with Crippen LogP contribution < -0.4 is 4.74 Å². The minimum atomic E-state index is 0.427. The van der Waals surface area contributed by atoms with Crippen molar-refractivity contribution >= 4 is 22.6 Å². The van der Waals surface area contributed by atoms with E-state index in [1.54, 1.807) is 7.11 Å². The molecule has 4 heteroatoms. The van der Waals surface area contributed by atoms with Crippen LogP contribution in [0.2, 0.25) is 0 Å². The predicted molar refractivity (Wildman–Crippen MR) is 75.3 cm³/mol. The number of hydrogen-bond donors (Lipinski definition) is 0. The first-order valence-electron chi connectivity index (χ1n) is 6.25. The molecule has 1 aromatic heterocycles. The fourth-order valence-corrected chi connectivity index (χ4v) is 2.28. The van der Waals surface area contributed by atoms with Crippen LogP contribution in [0, 0.1) is 5.92 Å². The molecule has 0 aliphatic heterocycles. The normalized spacial score (nSPS) is 11.4. The number of aryl methyl sites for hydroxylation is 1. The van der Waals surface area contributed by atoms with E-state index in [0.29, 0.717) is 11.8 Å². The van der Waals surface area contributed by atoms with Crippen molar-refractivity contribution in [2.45, 2.75) is 32.7 Å². The standard InChI is InChI=1S/C14H19ClN2O/c1-10(2)7-8-17-11-5-4-6-12(18-3)14(11)16-13(17)9-15/h4-6,10H,7-9H2,1-3H3. The molecule has 0 radical (unpaired) electrons. The predicted octanol–water partition coefficient (Wildman–Crippen LogP) is 3.83. The van der Waals surface area contributed by atoms with Gasteiger partial charge in [0.15, 0.2) is 0 Å². The van der Waals surface area contributed by atoms with Gasteiger partial charge in [-0.3, -0.25) is 0 Å². The first-order valence-corrected chi connectivity index (χ1v) is 6.79. The average molecular weight is 267 g/mol. The molecule has 0 fully saturated rings. The van der Waals surface area contributed by atoms with E-state index in [1.165, 1.54) is 0 Å². The van der Waals surface area contributed by atoms with Gasteiger partial charge in [-0.2, -0.15) is 0 Å². The van der Waals surface area contributed by atoms with Crippen LogP contribution in [-0.4, -0.2) is 16.7 Å². The average Bonchev–Trinajstić information content (AvgIpc) is 2.73. The van der Waals surface area contributed by atoms with E-state index >= 15 is 0 Å². The molecule has 2 rings (SSSR count). The lowest BCUT2D eigenvalue weighted by molar-refractivity contribution is 0.419. The molecule has 0 aliphatic carbocycles. The second-order valence-corrected chi connectivity index (χ2v) is 5.09. The minimum Gasteiger partial charge on any atom is -0.494 e. The molecule has 2 aromatic rings. The Kier molecular flexibility index (Phi) is 4.12. The van der Waals surface area contributed by atoms with Crippen molar-refractivity contribution in [2.75, 3.05) is 7.11 Å². The molecule has 0 N–H and O–H groups in total. The molecule has 0 amide bonds. The number of benzene rings is 1. The lowest BCUT2D eigenvalue weighted by Crippen LogP contribution is -2.04. The van der Waals surface area contributed by atoms with Gasteiger partial charge < -0.3 is 9.30 Å². The maximum atomic E-state index is 5.99. The number of imidazole rings is 1. The quantitative estimate of drug-likeness (QED) is 0.769. The Balaban J connectivity index is 2.49. The van der Waals surface area contributed by atoms with Gasteiger partial charge in [-0.15, -0.1) is 11.6 Å². The molecule has 0 atom stereocenters. The van der Waals surface area contributed by atoms with Gasteiger partial charge in [-0.1, -0.05) is 19.9 Å². The summed E-state index contributed by atoms with van der Waals surface area (Å²) in [6.45, 7) is 5.39. The van der Waals surface area contributed by atoms with E-state index < -0.39 is 0 Å². The molecule has 1 aromatic carbocycles. The van der Waals surface area contributed by atoms with Crippen LogP contribution in [0.25, 0.3) is 11.0 Å². The Hall–Kier alpha value is -1.22.